The number of rotatable bonds is 5. The molecule has 0 aliphatic carbocycles. The lowest BCUT2D eigenvalue weighted by Crippen LogP contribution is -2.41. The lowest BCUT2D eigenvalue weighted by atomic mass is 10.0. The third-order valence-corrected chi connectivity index (χ3v) is 4.75. The van der Waals surface area contributed by atoms with Crippen LogP contribution in [0.1, 0.15) is 18.1 Å². The molecule has 6 nitrogen and oxygen atoms in total. The Morgan fingerprint density at radius 2 is 2.07 bits per heavy atom. The molecule has 0 bridgehead atoms. The van der Waals surface area contributed by atoms with Crippen LogP contribution in [0.2, 0.25) is 0 Å². The van der Waals surface area contributed by atoms with Crippen LogP contribution in [0.15, 0.2) is 30.5 Å². The standard InChI is InChI=1S/C20H24F3N5O/c1-20(22,23)16-4-2-3-13(18(16)21)11-27-19(25)15-9-14(12-26-17(15)10-24)28-5-7-29-8-6-28/h2-4,9-10,12,27H,5-8,11,24-25H2,1H3/b17-10+,19-15+. The number of ether oxygens (including phenoxy) is 1. The first-order valence-corrected chi connectivity index (χ1v) is 9.21. The fourth-order valence-electron chi connectivity index (χ4n) is 3.15. The van der Waals surface area contributed by atoms with Gasteiger partial charge in [-0.05, 0) is 6.07 Å². The Labute approximate surface area is 166 Å². The summed E-state index contributed by atoms with van der Waals surface area (Å²) in [6, 6.07) is 5.74. The molecular formula is C20H24F3N5O. The summed E-state index contributed by atoms with van der Waals surface area (Å²) >= 11 is 0. The lowest BCUT2D eigenvalue weighted by Gasteiger charge is -2.28. The monoisotopic (exact) mass is 407 g/mol. The number of hydrogen-bond acceptors (Lipinski definition) is 6. The highest BCUT2D eigenvalue weighted by atomic mass is 19.3. The maximum absolute atomic E-state index is 14.4. The number of halogens is 3. The molecule has 1 saturated heterocycles. The van der Waals surface area contributed by atoms with Crippen molar-refractivity contribution in [3.8, 4) is 0 Å². The van der Waals surface area contributed by atoms with E-state index >= 15 is 0 Å². The van der Waals surface area contributed by atoms with Crippen molar-refractivity contribution in [1.29, 1.82) is 0 Å². The third-order valence-electron chi connectivity index (χ3n) is 4.75. The van der Waals surface area contributed by atoms with Crippen molar-refractivity contribution in [3.05, 3.63) is 58.0 Å². The van der Waals surface area contributed by atoms with Crippen LogP contribution in [-0.4, -0.2) is 31.3 Å². The molecule has 2 heterocycles. The van der Waals surface area contributed by atoms with E-state index < -0.39 is 17.3 Å². The zero-order chi connectivity index (χ0) is 21.0. The second kappa shape index (κ2) is 8.60. The molecular weight excluding hydrogens is 383 g/mol. The molecule has 0 saturated carbocycles. The molecule has 2 aromatic rings. The molecule has 1 aromatic heterocycles. The van der Waals surface area contributed by atoms with Gasteiger partial charge < -0.3 is 26.4 Å². The highest BCUT2D eigenvalue weighted by molar-refractivity contribution is 5.50. The quantitative estimate of drug-likeness (QED) is 0.676. The molecule has 156 valence electrons. The maximum atomic E-state index is 14.4. The van der Waals surface area contributed by atoms with Crippen molar-refractivity contribution in [1.82, 2.24) is 10.3 Å². The second-order valence-electron chi connectivity index (χ2n) is 6.83. The lowest BCUT2D eigenvalue weighted by molar-refractivity contribution is 0.0136. The van der Waals surface area contributed by atoms with Crippen molar-refractivity contribution in [2.75, 3.05) is 31.2 Å². The van der Waals surface area contributed by atoms with Gasteiger partial charge in [-0.1, -0.05) is 18.2 Å². The van der Waals surface area contributed by atoms with Crippen LogP contribution in [0.3, 0.4) is 0 Å². The summed E-state index contributed by atoms with van der Waals surface area (Å²) in [5.74, 6) is -4.00. The highest BCUT2D eigenvalue weighted by Crippen LogP contribution is 2.30. The summed E-state index contributed by atoms with van der Waals surface area (Å²) in [7, 11) is 0. The Kier molecular flexibility index (Phi) is 6.17. The normalized spacial score (nSPS) is 16.7. The van der Waals surface area contributed by atoms with Crippen LogP contribution in [0.5, 0.6) is 0 Å². The van der Waals surface area contributed by atoms with Crippen LogP contribution in [0.4, 0.5) is 18.9 Å². The molecule has 9 heteroatoms. The summed E-state index contributed by atoms with van der Waals surface area (Å²) in [4.78, 5) is 6.45. The first kappa shape index (κ1) is 20.8. The molecule has 0 unspecified atom stereocenters. The fourth-order valence-corrected chi connectivity index (χ4v) is 3.15. The largest absolute Gasteiger partial charge is 0.403 e. The number of aromatic nitrogens is 1. The first-order chi connectivity index (χ1) is 13.8. The summed E-state index contributed by atoms with van der Waals surface area (Å²) in [5, 5.41) is 3.90. The molecule has 0 spiro atoms. The van der Waals surface area contributed by atoms with E-state index in [1.807, 2.05) is 6.07 Å². The van der Waals surface area contributed by atoms with Gasteiger partial charge in [0.1, 0.15) is 11.6 Å². The van der Waals surface area contributed by atoms with Crippen LogP contribution < -0.4 is 32.3 Å². The van der Waals surface area contributed by atoms with Gasteiger partial charge in [0.2, 0.25) is 0 Å². The fraction of sp³-hybridized carbons (Fsp3) is 0.350. The van der Waals surface area contributed by atoms with Gasteiger partial charge in [-0.3, -0.25) is 4.98 Å². The molecule has 1 aliphatic heterocycles. The number of alkyl halides is 2. The minimum absolute atomic E-state index is 0.0621. The molecule has 1 aliphatic rings. The Morgan fingerprint density at radius 3 is 2.72 bits per heavy atom. The van der Waals surface area contributed by atoms with Gasteiger partial charge in [-0.2, -0.15) is 0 Å². The number of nitrogens with two attached hydrogens (primary N) is 2. The molecule has 29 heavy (non-hydrogen) atoms. The summed E-state index contributed by atoms with van der Waals surface area (Å²) < 4.78 is 46.9. The zero-order valence-corrected chi connectivity index (χ0v) is 16.1. The maximum Gasteiger partial charge on any atom is 0.273 e. The minimum atomic E-state index is -3.27. The highest BCUT2D eigenvalue weighted by Gasteiger charge is 2.29. The van der Waals surface area contributed by atoms with Gasteiger partial charge in [-0.15, -0.1) is 0 Å². The van der Waals surface area contributed by atoms with E-state index in [1.54, 1.807) is 6.20 Å². The average Bonchev–Trinajstić information content (AvgIpc) is 2.72. The number of morpholine rings is 1. The van der Waals surface area contributed by atoms with E-state index in [2.05, 4.69) is 15.2 Å². The van der Waals surface area contributed by atoms with Crippen molar-refractivity contribution in [2.45, 2.75) is 19.4 Å². The van der Waals surface area contributed by atoms with E-state index in [0.29, 0.717) is 30.7 Å². The molecule has 3 rings (SSSR count). The van der Waals surface area contributed by atoms with Crippen LogP contribution >= 0.6 is 0 Å². The number of anilines is 1. The number of benzene rings is 1. The Bertz CT molecular complexity index is 985. The second-order valence-corrected chi connectivity index (χ2v) is 6.83. The van der Waals surface area contributed by atoms with E-state index in [0.717, 1.165) is 24.8 Å². The summed E-state index contributed by atoms with van der Waals surface area (Å²) in [5.41, 5.74) is 12.1. The van der Waals surface area contributed by atoms with Gasteiger partial charge in [0.05, 0.1) is 36.0 Å². The number of nitrogens with zero attached hydrogens (tertiary/aromatic N) is 2. The zero-order valence-electron chi connectivity index (χ0n) is 16.1. The third kappa shape index (κ3) is 4.73. The number of nitrogens with one attached hydrogen (secondary N) is 1. The molecule has 1 fully saturated rings. The SMILES string of the molecule is CC(F)(F)c1cccc(CN/C(N)=c2\cc(N3CCOCC3)cn\c2=C\N)c1F. The summed E-state index contributed by atoms with van der Waals surface area (Å²) in [6.45, 7) is 3.29. The van der Waals surface area contributed by atoms with Crippen molar-refractivity contribution < 1.29 is 17.9 Å². The minimum Gasteiger partial charge on any atom is -0.403 e. The van der Waals surface area contributed by atoms with E-state index in [9.17, 15) is 13.2 Å². The predicted octanol–water partition coefficient (Wildman–Crippen LogP) is 0.680. The number of hydrogen-bond donors (Lipinski definition) is 3. The van der Waals surface area contributed by atoms with Gasteiger partial charge in [0, 0.05) is 43.5 Å². The Morgan fingerprint density at radius 1 is 1.34 bits per heavy atom. The van der Waals surface area contributed by atoms with Crippen LogP contribution in [-0.2, 0) is 17.2 Å². The van der Waals surface area contributed by atoms with Gasteiger partial charge in [0.25, 0.3) is 5.92 Å². The average molecular weight is 407 g/mol. The molecule has 0 atom stereocenters. The molecule has 0 amide bonds. The van der Waals surface area contributed by atoms with Crippen LogP contribution in [0.25, 0.3) is 12.0 Å². The van der Waals surface area contributed by atoms with Gasteiger partial charge in [-0.25, -0.2) is 13.2 Å². The van der Waals surface area contributed by atoms with E-state index in [4.69, 9.17) is 16.2 Å². The smallest absolute Gasteiger partial charge is 0.273 e. The molecule has 1 aromatic carbocycles. The summed E-state index contributed by atoms with van der Waals surface area (Å²) in [6.07, 6.45) is 3.03. The van der Waals surface area contributed by atoms with Crippen LogP contribution in [0, 0.1) is 5.82 Å². The Hall–Kier alpha value is -2.94. The first-order valence-electron chi connectivity index (χ1n) is 9.21. The predicted molar refractivity (Wildman–Crippen MR) is 106 cm³/mol. The number of pyridine rings is 1. The van der Waals surface area contributed by atoms with Crippen molar-refractivity contribution in [2.24, 2.45) is 11.5 Å². The van der Waals surface area contributed by atoms with Gasteiger partial charge >= 0.3 is 0 Å². The topological polar surface area (TPSA) is 89.4 Å². The van der Waals surface area contributed by atoms with E-state index in [-0.39, 0.29) is 17.9 Å². The van der Waals surface area contributed by atoms with Crippen molar-refractivity contribution in [3.63, 3.8) is 0 Å². The Balaban J connectivity index is 1.90. The van der Waals surface area contributed by atoms with Crippen molar-refractivity contribution >= 4 is 17.7 Å². The van der Waals surface area contributed by atoms with E-state index in [1.165, 1.54) is 18.3 Å². The molecule has 5 N–H and O–H groups in total. The van der Waals surface area contributed by atoms with Gasteiger partial charge in [0.15, 0.2) is 0 Å². The molecule has 0 radical (unpaired) electrons.